The summed E-state index contributed by atoms with van der Waals surface area (Å²) < 4.78 is 5.52. The molecular formula is C17H23NO4S. The van der Waals surface area contributed by atoms with Crippen LogP contribution in [0.2, 0.25) is 0 Å². The van der Waals surface area contributed by atoms with Crippen LogP contribution in [-0.2, 0) is 16.0 Å². The normalized spacial score (nSPS) is 20.2. The largest absolute Gasteiger partial charge is 0.494 e. The highest BCUT2D eigenvalue weighted by Gasteiger charge is 2.43. The molecular weight excluding hydrogens is 314 g/mol. The third-order valence-corrected chi connectivity index (χ3v) is 5.04. The number of thioether (sulfide) groups is 1. The number of carbonyl (C=O) groups excluding carboxylic acids is 1. The molecule has 1 amide bonds. The Hall–Kier alpha value is -1.69. The first kappa shape index (κ1) is 17.7. The molecule has 1 aliphatic rings. The number of carbonyl (C=O) groups is 2. The maximum atomic E-state index is 12.1. The lowest BCUT2D eigenvalue weighted by atomic mass is 9.98. The van der Waals surface area contributed by atoms with E-state index in [2.05, 4.69) is 12.2 Å². The van der Waals surface area contributed by atoms with E-state index in [1.165, 1.54) is 0 Å². The Kier molecular flexibility index (Phi) is 6.33. The van der Waals surface area contributed by atoms with Crippen molar-refractivity contribution in [2.24, 2.45) is 0 Å². The number of benzene rings is 1. The van der Waals surface area contributed by atoms with Crippen molar-refractivity contribution >= 4 is 23.6 Å². The lowest BCUT2D eigenvalue weighted by Crippen LogP contribution is -2.54. The highest BCUT2D eigenvalue weighted by molar-refractivity contribution is 7.99. The van der Waals surface area contributed by atoms with Crippen LogP contribution < -0.4 is 10.1 Å². The average molecular weight is 337 g/mol. The minimum Gasteiger partial charge on any atom is -0.494 e. The number of rotatable bonds is 8. The molecule has 2 rings (SSSR count). The van der Waals surface area contributed by atoms with E-state index in [-0.39, 0.29) is 12.3 Å². The Bertz CT molecular complexity index is 538. The molecule has 0 bridgehead atoms. The van der Waals surface area contributed by atoms with Crippen LogP contribution in [-0.4, -0.2) is 40.6 Å². The van der Waals surface area contributed by atoms with Gasteiger partial charge in [-0.05, 0) is 42.7 Å². The summed E-state index contributed by atoms with van der Waals surface area (Å²) in [4.78, 5) is 23.5. The number of hydrogen-bond acceptors (Lipinski definition) is 4. The van der Waals surface area contributed by atoms with Crippen molar-refractivity contribution < 1.29 is 19.4 Å². The van der Waals surface area contributed by atoms with Crippen molar-refractivity contribution in [3.05, 3.63) is 29.8 Å². The molecule has 1 aromatic rings. The molecule has 6 heteroatoms. The molecule has 0 spiro atoms. The lowest BCUT2D eigenvalue weighted by molar-refractivity contribution is -0.146. The molecule has 0 saturated carbocycles. The summed E-state index contributed by atoms with van der Waals surface area (Å²) in [6.07, 6.45) is 2.32. The zero-order chi connectivity index (χ0) is 16.7. The summed E-state index contributed by atoms with van der Waals surface area (Å²) in [6.45, 7) is 2.75. The minimum atomic E-state index is -1.08. The Morgan fingerprint density at radius 3 is 2.65 bits per heavy atom. The second kappa shape index (κ2) is 8.24. The summed E-state index contributed by atoms with van der Waals surface area (Å²) in [6, 6.07) is 7.68. The number of aryl methyl sites for hydroxylation is 1. The molecule has 23 heavy (non-hydrogen) atoms. The Labute approximate surface area is 140 Å². The summed E-state index contributed by atoms with van der Waals surface area (Å²) in [5.41, 5.74) is -0.0475. The number of amides is 1. The first-order valence-electron chi connectivity index (χ1n) is 7.89. The van der Waals surface area contributed by atoms with Gasteiger partial charge < -0.3 is 15.2 Å². The van der Waals surface area contributed by atoms with Gasteiger partial charge in [-0.1, -0.05) is 19.1 Å². The molecule has 0 aliphatic carbocycles. The van der Waals surface area contributed by atoms with Gasteiger partial charge in [0, 0.05) is 12.2 Å². The average Bonchev–Trinajstić information content (AvgIpc) is 3.02. The summed E-state index contributed by atoms with van der Waals surface area (Å²) in [5.74, 6) is 0.894. The highest BCUT2D eigenvalue weighted by atomic mass is 32.2. The molecule has 1 unspecified atom stereocenters. The number of carboxylic acid groups (broad SMARTS) is 1. The molecule has 5 nitrogen and oxygen atoms in total. The molecule has 0 aromatic heterocycles. The van der Waals surface area contributed by atoms with Crippen molar-refractivity contribution in [3.8, 4) is 5.75 Å². The molecule has 1 aliphatic heterocycles. The topological polar surface area (TPSA) is 75.6 Å². The van der Waals surface area contributed by atoms with Crippen LogP contribution in [0.4, 0.5) is 0 Å². The number of ether oxygens (including phenoxy) is 1. The van der Waals surface area contributed by atoms with Crippen LogP contribution in [0.15, 0.2) is 24.3 Å². The Morgan fingerprint density at radius 1 is 1.35 bits per heavy atom. The third-order valence-electron chi connectivity index (χ3n) is 3.85. The van der Waals surface area contributed by atoms with E-state index in [0.717, 1.165) is 23.5 Å². The lowest BCUT2D eigenvalue weighted by Gasteiger charge is -2.24. The number of carboxylic acids is 1. The number of nitrogens with one attached hydrogen (secondary N) is 1. The SMILES string of the molecule is CCCOc1ccc(CCC(=O)NC2(C(=O)O)CCSC2)cc1. The molecule has 0 radical (unpaired) electrons. The van der Waals surface area contributed by atoms with Gasteiger partial charge in [-0.15, -0.1) is 0 Å². The van der Waals surface area contributed by atoms with E-state index in [1.807, 2.05) is 24.3 Å². The van der Waals surface area contributed by atoms with Gasteiger partial charge in [0.05, 0.1) is 6.61 Å². The fourth-order valence-corrected chi connectivity index (χ4v) is 3.77. The van der Waals surface area contributed by atoms with Crippen LogP contribution in [0, 0.1) is 0 Å². The van der Waals surface area contributed by atoms with Crippen molar-refractivity contribution in [1.82, 2.24) is 5.32 Å². The van der Waals surface area contributed by atoms with Gasteiger partial charge >= 0.3 is 5.97 Å². The smallest absolute Gasteiger partial charge is 0.330 e. The predicted molar refractivity (Wildman–Crippen MR) is 91.0 cm³/mol. The molecule has 1 heterocycles. The maximum Gasteiger partial charge on any atom is 0.330 e. The van der Waals surface area contributed by atoms with Gasteiger partial charge in [0.25, 0.3) is 0 Å². The van der Waals surface area contributed by atoms with E-state index in [9.17, 15) is 14.7 Å². The van der Waals surface area contributed by atoms with Gasteiger partial charge in [-0.25, -0.2) is 4.79 Å². The zero-order valence-corrected chi connectivity index (χ0v) is 14.2. The van der Waals surface area contributed by atoms with Gasteiger partial charge in [-0.3, -0.25) is 4.79 Å². The Morgan fingerprint density at radius 2 is 2.09 bits per heavy atom. The second-order valence-corrected chi connectivity index (χ2v) is 6.84. The third kappa shape index (κ3) is 4.89. The van der Waals surface area contributed by atoms with Crippen molar-refractivity contribution in [2.45, 2.75) is 38.1 Å². The van der Waals surface area contributed by atoms with Crippen LogP contribution in [0.25, 0.3) is 0 Å². The monoisotopic (exact) mass is 337 g/mol. The minimum absolute atomic E-state index is 0.207. The highest BCUT2D eigenvalue weighted by Crippen LogP contribution is 2.28. The van der Waals surface area contributed by atoms with E-state index >= 15 is 0 Å². The maximum absolute atomic E-state index is 12.1. The number of hydrogen-bond donors (Lipinski definition) is 2. The predicted octanol–water partition coefficient (Wildman–Crippen LogP) is 2.48. The second-order valence-electron chi connectivity index (χ2n) is 5.73. The fourth-order valence-electron chi connectivity index (χ4n) is 2.45. The van der Waals surface area contributed by atoms with E-state index in [1.54, 1.807) is 11.8 Å². The van der Waals surface area contributed by atoms with Gasteiger partial charge in [0.2, 0.25) is 5.91 Å². The first-order valence-corrected chi connectivity index (χ1v) is 9.05. The summed E-state index contributed by atoms with van der Waals surface area (Å²) >= 11 is 1.56. The summed E-state index contributed by atoms with van der Waals surface area (Å²) in [7, 11) is 0. The van der Waals surface area contributed by atoms with Crippen LogP contribution in [0.3, 0.4) is 0 Å². The van der Waals surface area contributed by atoms with Crippen molar-refractivity contribution in [2.75, 3.05) is 18.1 Å². The van der Waals surface area contributed by atoms with Crippen LogP contribution in [0.1, 0.15) is 31.7 Å². The quantitative estimate of drug-likeness (QED) is 0.762. The molecule has 1 atom stereocenters. The zero-order valence-electron chi connectivity index (χ0n) is 13.3. The standard InChI is InChI=1S/C17H23NO4S/c1-2-10-22-14-6-3-13(4-7-14)5-8-15(19)18-17(16(20)21)9-11-23-12-17/h3-4,6-7H,2,5,8-12H2,1H3,(H,18,19)(H,20,21). The van der Waals surface area contributed by atoms with Crippen LogP contribution in [0.5, 0.6) is 5.75 Å². The van der Waals surface area contributed by atoms with Crippen molar-refractivity contribution in [1.29, 1.82) is 0 Å². The molecule has 2 N–H and O–H groups in total. The summed E-state index contributed by atoms with van der Waals surface area (Å²) in [5, 5.41) is 12.1. The van der Waals surface area contributed by atoms with Gasteiger partial charge in [0.15, 0.2) is 0 Å². The Balaban J connectivity index is 1.83. The van der Waals surface area contributed by atoms with E-state index in [4.69, 9.17) is 4.74 Å². The van der Waals surface area contributed by atoms with E-state index < -0.39 is 11.5 Å². The molecule has 126 valence electrons. The van der Waals surface area contributed by atoms with E-state index in [0.29, 0.717) is 25.2 Å². The molecule has 1 aromatic carbocycles. The number of aliphatic carboxylic acids is 1. The van der Waals surface area contributed by atoms with Crippen LogP contribution >= 0.6 is 11.8 Å². The van der Waals surface area contributed by atoms with Gasteiger partial charge in [0.1, 0.15) is 11.3 Å². The first-order chi connectivity index (χ1) is 11.1. The van der Waals surface area contributed by atoms with Gasteiger partial charge in [-0.2, -0.15) is 11.8 Å². The molecule has 1 fully saturated rings. The molecule has 1 saturated heterocycles. The van der Waals surface area contributed by atoms with Crippen molar-refractivity contribution in [3.63, 3.8) is 0 Å². The fraction of sp³-hybridized carbons (Fsp3) is 0.529.